The molecule has 0 amide bonds. The van der Waals surface area contributed by atoms with Crippen LogP contribution in [0.5, 0.6) is 5.75 Å². The first-order valence-electron chi connectivity index (χ1n) is 10.0. The summed E-state index contributed by atoms with van der Waals surface area (Å²) in [5.74, 6) is 0.747. The summed E-state index contributed by atoms with van der Waals surface area (Å²) in [6.07, 6.45) is 2.70. The maximum atomic E-state index is 11.5. The van der Waals surface area contributed by atoms with Crippen molar-refractivity contribution in [2.24, 2.45) is 0 Å². The van der Waals surface area contributed by atoms with Crippen LogP contribution in [0.3, 0.4) is 0 Å². The highest BCUT2D eigenvalue weighted by Gasteiger charge is 2.29. The molecular formula is C26H24O4. The number of ketones is 1. The predicted octanol–water partition coefficient (Wildman–Crippen LogP) is 4.99. The van der Waals surface area contributed by atoms with E-state index in [4.69, 9.17) is 9.47 Å². The first-order valence-corrected chi connectivity index (χ1v) is 10.0. The first kappa shape index (κ1) is 20.1. The Labute approximate surface area is 176 Å². The zero-order valence-electron chi connectivity index (χ0n) is 16.8. The van der Waals surface area contributed by atoms with Gasteiger partial charge in [0, 0.05) is 5.56 Å². The molecule has 1 heterocycles. The Morgan fingerprint density at radius 3 is 2.20 bits per heavy atom. The molecule has 3 unspecified atom stereocenters. The van der Waals surface area contributed by atoms with Gasteiger partial charge in [0.2, 0.25) is 0 Å². The maximum absolute atomic E-state index is 11.5. The fourth-order valence-corrected chi connectivity index (χ4v) is 3.52. The molecular weight excluding hydrogens is 376 g/mol. The van der Waals surface area contributed by atoms with Crippen molar-refractivity contribution in [3.8, 4) is 16.9 Å². The molecule has 4 heteroatoms. The van der Waals surface area contributed by atoms with Gasteiger partial charge in [0.25, 0.3) is 0 Å². The fraction of sp³-hybridized carbons (Fsp3) is 0.192. The van der Waals surface area contributed by atoms with Gasteiger partial charge in [0.15, 0.2) is 5.78 Å². The number of Topliss-reactive ketones (excluding diaryl/α,β-unsaturated/α-hetero) is 1. The molecule has 1 aliphatic heterocycles. The third-order valence-electron chi connectivity index (χ3n) is 5.22. The number of carbonyl (C=O) groups excluding carboxylic acids is 1. The van der Waals surface area contributed by atoms with Crippen molar-refractivity contribution in [2.45, 2.75) is 25.2 Å². The zero-order valence-corrected chi connectivity index (χ0v) is 16.8. The van der Waals surface area contributed by atoms with Crippen molar-refractivity contribution in [1.29, 1.82) is 0 Å². The summed E-state index contributed by atoms with van der Waals surface area (Å²) in [6, 6.07) is 25.4. The highest BCUT2D eigenvalue weighted by Crippen LogP contribution is 2.29. The largest absolute Gasteiger partial charge is 0.484 e. The molecule has 0 aliphatic carbocycles. The molecule has 0 saturated carbocycles. The summed E-state index contributed by atoms with van der Waals surface area (Å²) < 4.78 is 12.1. The third kappa shape index (κ3) is 4.51. The zero-order chi connectivity index (χ0) is 20.9. The van der Waals surface area contributed by atoms with Crippen LogP contribution in [0.1, 0.15) is 28.9 Å². The van der Waals surface area contributed by atoms with Gasteiger partial charge in [0.1, 0.15) is 24.1 Å². The third-order valence-corrected chi connectivity index (χ3v) is 5.22. The molecule has 0 aromatic heterocycles. The second-order valence-corrected chi connectivity index (χ2v) is 7.31. The Kier molecular flexibility index (Phi) is 6.07. The summed E-state index contributed by atoms with van der Waals surface area (Å²) in [4.78, 5) is 11.5. The van der Waals surface area contributed by atoms with Gasteiger partial charge in [-0.05, 0) is 41.8 Å². The van der Waals surface area contributed by atoms with E-state index in [9.17, 15) is 9.90 Å². The Morgan fingerprint density at radius 2 is 1.57 bits per heavy atom. The van der Waals surface area contributed by atoms with Crippen molar-refractivity contribution in [3.05, 3.63) is 102 Å². The highest BCUT2D eigenvalue weighted by molar-refractivity contribution is 5.94. The minimum Gasteiger partial charge on any atom is -0.484 e. The van der Waals surface area contributed by atoms with Crippen molar-refractivity contribution < 1.29 is 19.4 Å². The van der Waals surface area contributed by atoms with Crippen LogP contribution < -0.4 is 4.74 Å². The summed E-state index contributed by atoms with van der Waals surface area (Å²) >= 11 is 0. The van der Waals surface area contributed by atoms with E-state index < -0.39 is 6.10 Å². The molecule has 3 atom stereocenters. The molecule has 0 radical (unpaired) electrons. The second-order valence-electron chi connectivity index (χ2n) is 7.31. The molecule has 1 aliphatic rings. The number of aliphatic hydroxyl groups is 1. The van der Waals surface area contributed by atoms with Gasteiger partial charge in [-0.25, -0.2) is 0 Å². The van der Waals surface area contributed by atoms with Crippen molar-refractivity contribution >= 4 is 5.78 Å². The van der Waals surface area contributed by atoms with Gasteiger partial charge in [-0.3, -0.25) is 4.79 Å². The number of carbonyl (C=O) groups is 1. The lowest BCUT2D eigenvalue weighted by Crippen LogP contribution is -2.39. The van der Waals surface area contributed by atoms with Crippen LogP contribution >= 0.6 is 0 Å². The molecule has 4 rings (SSSR count). The monoisotopic (exact) mass is 400 g/mol. The van der Waals surface area contributed by atoms with E-state index in [2.05, 4.69) is 12.1 Å². The van der Waals surface area contributed by atoms with Gasteiger partial charge in [0.05, 0.1) is 6.61 Å². The van der Waals surface area contributed by atoms with Crippen molar-refractivity contribution in [2.75, 3.05) is 6.61 Å². The molecule has 4 nitrogen and oxygen atoms in total. The second kappa shape index (κ2) is 9.08. The molecule has 30 heavy (non-hydrogen) atoms. The van der Waals surface area contributed by atoms with Crippen LogP contribution in [0, 0.1) is 0 Å². The van der Waals surface area contributed by atoms with Crippen LogP contribution in [0.25, 0.3) is 11.1 Å². The minimum absolute atomic E-state index is 0.0293. The average molecular weight is 400 g/mol. The summed E-state index contributed by atoms with van der Waals surface area (Å²) in [5.41, 5.74) is 3.86. The fourth-order valence-electron chi connectivity index (χ4n) is 3.52. The van der Waals surface area contributed by atoms with Crippen molar-refractivity contribution in [1.82, 2.24) is 0 Å². The molecule has 0 fully saturated rings. The standard InChI is InChI=1S/C26H24O4/c1-18(28)19-7-9-22(10-8-19)24-15-16-25(26(17-27)30-24)29-23-13-11-21(12-14-23)20-5-3-2-4-6-20/h2-16,24-27H,17H2,1H3. The Balaban J connectivity index is 1.46. The lowest BCUT2D eigenvalue weighted by Gasteiger charge is -2.31. The SMILES string of the molecule is CC(=O)c1ccc(C2C=CC(Oc3ccc(-c4ccccc4)cc3)C(CO)O2)cc1. The first-order chi connectivity index (χ1) is 14.6. The summed E-state index contributed by atoms with van der Waals surface area (Å²) in [7, 11) is 0. The minimum atomic E-state index is -0.485. The normalized spacial score (nSPS) is 20.7. The molecule has 3 aromatic carbocycles. The van der Waals surface area contributed by atoms with E-state index in [1.54, 1.807) is 19.1 Å². The van der Waals surface area contributed by atoms with E-state index >= 15 is 0 Å². The van der Waals surface area contributed by atoms with Crippen LogP contribution in [0.15, 0.2) is 91.0 Å². The average Bonchev–Trinajstić information content (AvgIpc) is 2.80. The molecule has 0 spiro atoms. The molecule has 0 bridgehead atoms. The number of rotatable bonds is 6. The quantitative estimate of drug-likeness (QED) is 0.468. The summed E-state index contributed by atoms with van der Waals surface area (Å²) in [6.45, 7) is 1.39. The molecule has 152 valence electrons. The van der Waals surface area contributed by atoms with E-state index in [1.165, 1.54) is 0 Å². The smallest absolute Gasteiger partial charge is 0.159 e. The predicted molar refractivity (Wildman–Crippen MR) is 117 cm³/mol. The molecule has 0 saturated heterocycles. The number of hydrogen-bond acceptors (Lipinski definition) is 4. The van der Waals surface area contributed by atoms with Gasteiger partial charge < -0.3 is 14.6 Å². The van der Waals surface area contributed by atoms with Crippen LogP contribution in [0.4, 0.5) is 0 Å². The van der Waals surface area contributed by atoms with Crippen LogP contribution in [-0.4, -0.2) is 29.7 Å². The van der Waals surface area contributed by atoms with Crippen molar-refractivity contribution in [3.63, 3.8) is 0 Å². The van der Waals surface area contributed by atoms with Gasteiger partial charge in [-0.15, -0.1) is 0 Å². The number of hydrogen-bond donors (Lipinski definition) is 1. The number of aliphatic hydroxyl groups excluding tert-OH is 1. The van der Waals surface area contributed by atoms with Crippen LogP contribution in [-0.2, 0) is 4.74 Å². The van der Waals surface area contributed by atoms with E-state index in [0.717, 1.165) is 22.4 Å². The Morgan fingerprint density at radius 1 is 0.900 bits per heavy atom. The summed E-state index contributed by atoms with van der Waals surface area (Å²) in [5, 5.41) is 9.83. The number of ether oxygens (including phenoxy) is 2. The molecule has 1 N–H and O–H groups in total. The Bertz CT molecular complexity index is 1010. The van der Waals surface area contributed by atoms with E-state index in [0.29, 0.717) is 5.56 Å². The maximum Gasteiger partial charge on any atom is 0.159 e. The lowest BCUT2D eigenvalue weighted by molar-refractivity contribution is -0.0731. The van der Waals surface area contributed by atoms with Gasteiger partial charge in [-0.2, -0.15) is 0 Å². The van der Waals surface area contributed by atoms with Crippen LogP contribution in [0.2, 0.25) is 0 Å². The highest BCUT2D eigenvalue weighted by atomic mass is 16.6. The topological polar surface area (TPSA) is 55.8 Å². The lowest BCUT2D eigenvalue weighted by atomic mass is 10.0. The van der Waals surface area contributed by atoms with E-state index in [1.807, 2.05) is 66.7 Å². The number of benzene rings is 3. The molecule has 3 aromatic rings. The van der Waals surface area contributed by atoms with Gasteiger partial charge >= 0.3 is 0 Å². The Hall–Kier alpha value is -3.21. The van der Waals surface area contributed by atoms with E-state index in [-0.39, 0.29) is 24.6 Å². The van der Waals surface area contributed by atoms with Gasteiger partial charge in [-0.1, -0.05) is 72.8 Å².